The van der Waals surface area contributed by atoms with Gasteiger partial charge in [0, 0.05) is 42.8 Å². The Morgan fingerprint density at radius 3 is 2.56 bits per heavy atom. The second-order valence-electron chi connectivity index (χ2n) is 6.65. The number of benzene rings is 2. The van der Waals surface area contributed by atoms with Gasteiger partial charge in [-0.25, -0.2) is 0 Å². The van der Waals surface area contributed by atoms with Gasteiger partial charge in [-0.05, 0) is 23.6 Å². The number of amides is 1. The lowest BCUT2D eigenvalue weighted by molar-refractivity contribution is -0.130. The Morgan fingerprint density at radius 2 is 1.80 bits per heavy atom. The second kappa shape index (κ2) is 6.60. The molecule has 2 aromatic carbocycles. The molecule has 0 saturated heterocycles. The summed E-state index contributed by atoms with van der Waals surface area (Å²) in [6.45, 7) is 1.49. The predicted octanol–water partition coefficient (Wildman–Crippen LogP) is 4.04. The van der Waals surface area contributed by atoms with Crippen LogP contribution in [0.4, 0.5) is 0 Å². The molecule has 0 bridgehead atoms. The van der Waals surface area contributed by atoms with E-state index in [-0.39, 0.29) is 5.91 Å². The third kappa shape index (κ3) is 3.10. The van der Waals surface area contributed by atoms with Gasteiger partial charge in [0.1, 0.15) is 0 Å². The topological polar surface area (TPSA) is 25.2 Å². The fraction of sp³-hybridized carbons (Fsp3) is 0.227. The fourth-order valence-electron chi connectivity index (χ4n) is 3.62. The van der Waals surface area contributed by atoms with Crippen molar-refractivity contribution in [3.63, 3.8) is 0 Å². The summed E-state index contributed by atoms with van der Waals surface area (Å²) in [5.74, 6) is 0.208. The van der Waals surface area contributed by atoms with Crippen molar-refractivity contribution in [2.45, 2.75) is 12.8 Å². The van der Waals surface area contributed by atoms with E-state index in [9.17, 15) is 4.79 Å². The van der Waals surface area contributed by atoms with Crippen LogP contribution in [0.15, 0.2) is 66.9 Å². The van der Waals surface area contributed by atoms with Crippen LogP contribution < -0.4 is 0 Å². The number of hydrogen-bond donors (Lipinski definition) is 0. The molecular weight excluding hydrogens is 308 g/mol. The molecule has 3 aromatic rings. The van der Waals surface area contributed by atoms with Crippen LogP contribution in [0, 0.1) is 0 Å². The summed E-state index contributed by atoms with van der Waals surface area (Å²) in [6, 6.07) is 18.5. The Labute approximate surface area is 148 Å². The van der Waals surface area contributed by atoms with Gasteiger partial charge < -0.3 is 9.47 Å². The first-order chi connectivity index (χ1) is 12.2. The van der Waals surface area contributed by atoms with E-state index in [0.717, 1.165) is 18.5 Å². The maximum atomic E-state index is 12.5. The number of nitrogens with zero attached hydrogens (tertiary/aromatic N) is 2. The molecule has 0 fully saturated rings. The van der Waals surface area contributed by atoms with Crippen LogP contribution in [0.5, 0.6) is 0 Å². The van der Waals surface area contributed by atoms with Gasteiger partial charge in [0.2, 0.25) is 5.91 Å². The molecule has 0 saturated carbocycles. The van der Waals surface area contributed by atoms with Crippen molar-refractivity contribution in [3.8, 4) is 0 Å². The molecule has 3 nitrogen and oxygen atoms in total. The van der Waals surface area contributed by atoms with E-state index in [1.165, 1.54) is 22.0 Å². The molecule has 3 heteroatoms. The minimum atomic E-state index is 0.208. The second-order valence-corrected chi connectivity index (χ2v) is 6.65. The number of para-hydroxylation sites is 1. The average molecular weight is 330 g/mol. The molecule has 1 aliphatic heterocycles. The molecule has 1 aromatic heterocycles. The van der Waals surface area contributed by atoms with Crippen molar-refractivity contribution in [2.75, 3.05) is 13.1 Å². The lowest BCUT2D eigenvalue weighted by atomic mass is 9.98. The fourth-order valence-corrected chi connectivity index (χ4v) is 3.62. The molecule has 0 spiro atoms. The Bertz CT molecular complexity index is 937. The van der Waals surface area contributed by atoms with Gasteiger partial charge in [0.25, 0.3) is 0 Å². The molecule has 0 atom stereocenters. The van der Waals surface area contributed by atoms with Crippen LogP contribution in [-0.4, -0.2) is 28.5 Å². The largest absolute Gasteiger partial charge is 0.350 e. The summed E-state index contributed by atoms with van der Waals surface area (Å²) < 4.78 is 2.18. The quantitative estimate of drug-likeness (QED) is 0.711. The monoisotopic (exact) mass is 330 g/mol. The molecule has 0 radical (unpaired) electrons. The molecule has 25 heavy (non-hydrogen) atoms. The standard InChI is InChI=1S/C22H22N2O/c1-23-16-20(19-9-5-6-10-21(19)23)18-11-13-24(14-12-18)22(25)15-17-7-3-2-4-8-17/h2-11,16H,12-15H2,1H3. The zero-order valence-corrected chi connectivity index (χ0v) is 14.5. The van der Waals surface area contributed by atoms with Crippen molar-refractivity contribution in [1.82, 2.24) is 9.47 Å². The molecule has 0 unspecified atom stereocenters. The van der Waals surface area contributed by atoms with Crippen LogP contribution >= 0.6 is 0 Å². The van der Waals surface area contributed by atoms with Crippen LogP contribution in [-0.2, 0) is 18.3 Å². The highest BCUT2D eigenvalue weighted by atomic mass is 16.2. The lowest BCUT2D eigenvalue weighted by Crippen LogP contribution is -2.35. The Kier molecular flexibility index (Phi) is 4.14. The molecule has 1 aliphatic rings. The Hall–Kier alpha value is -2.81. The average Bonchev–Trinajstić information content (AvgIpc) is 3.00. The number of rotatable bonds is 3. The summed E-state index contributed by atoms with van der Waals surface area (Å²) in [4.78, 5) is 14.5. The highest BCUT2D eigenvalue weighted by Gasteiger charge is 2.19. The summed E-state index contributed by atoms with van der Waals surface area (Å²) in [7, 11) is 2.09. The number of carbonyl (C=O) groups is 1. The van der Waals surface area contributed by atoms with Crippen molar-refractivity contribution in [2.24, 2.45) is 7.05 Å². The number of hydrogen-bond acceptors (Lipinski definition) is 1. The van der Waals surface area contributed by atoms with Gasteiger partial charge in [-0.2, -0.15) is 0 Å². The minimum Gasteiger partial charge on any atom is -0.350 e. The first-order valence-corrected chi connectivity index (χ1v) is 8.77. The molecule has 2 heterocycles. The van der Waals surface area contributed by atoms with Gasteiger partial charge in [0.05, 0.1) is 6.42 Å². The van der Waals surface area contributed by atoms with Crippen molar-refractivity contribution in [1.29, 1.82) is 0 Å². The SMILES string of the molecule is Cn1cc(C2=CCN(C(=O)Cc3ccccc3)CC2)c2ccccc21. The van der Waals surface area contributed by atoms with E-state index in [1.54, 1.807) is 0 Å². The molecular formula is C22H22N2O. The highest BCUT2D eigenvalue weighted by Crippen LogP contribution is 2.30. The van der Waals surface area contributed by atoms with Crippen molar-refractivity contribution in [3.05, 3.63) is 78.0 Å². The Balaban J connectivity index is 1.51. The third-order valence-electron chi connectivity index (χ3n) is 5.00. The summed E-state index contributed by atoms with van der Waals surface area (Å²) in [6.07, 6.45) is 5.82. The molecule has 0 N–H and O–H groups in total. The zero-order valence-electron chi connectivity index (χ0n) is 14.5. The molecule has 4 rings (SSSR count). The molecule has 0 aliphatic carbocycles. The smallest absolute Gasteiger partial charge is 0.227 e. The first kappa shape index (κ1) is 15.7. The first-order valence-electron chi connectivity index (χ1n) is 8.77. The number of aromatic nitrogens is 1. The summed E-state index contributed by atoms with van der Waals surface area (Å²) in [5.41, 5.74) is 4.98. The van der Waals surface area contributed by atoms with Gasteiger partial charge in [-0.15, -0.1) is 0 Å². The highest BCUT2D eigenvalue weighted by molar-refractivity contribution is 5.93. The predicted molar refractivity (Wildman–Crippen MR) is 102 cm³/mol. The minimum absolute atomic E-state index is 0.208. The van der Waals surface area contributed by atoms with E-state index in [4.69, 9.17) is 0 Å². The zero-order chi connectivity index (χ0) is 17.2. The maximum absolute atomic E-state index is 12.5. The van der Waals surface area contributed by atoms with Crippen molar-refractivity contribution >= 4 is 22.4 Å². The van der Waals surface area contributed by atoms with Crippen LogP contribution in [0.3, 0.4) is 0 Å². The van der Waals surface area contributed by atoms with Gasteiger partial charge in [-0.3, -0.25) is 4.79 Å². The third-order valence-corrected chi connectivity index (χ3v) is 5.00. The van der Waals surface area contributed by atoms with Crippen LogP contribution in [0.2, 0.25) is 0 Å². The molecule has 126 valence electrons. The Morgan fingerprint density at radius 1 is 1.04 bits per heavy atom. The van der Waals surface area contributed by atoms with Gasteiger partial charge in [0.15, 0.2) is 0 Å². The van der Waals surface area contributed by atoms with Crippen LogP contribution in [0.1, 0.15) is 17.5 Å². The van der Waals surface area contributed by atoms with Crippen LogP contribution in [0.25, 0.3) is 16.5 Å². The van der Waals surface area contributed by atoms with E-state index in [1.807, 2.05) is 35.2 Å². The normalized spacial score (nSPS) is 14.6. The van der Waals surface area contributed by atoms with E-state index in [0.29, 0.717) is 13.0 Å². The van der Waals surface area contributed by atoms with Gasteiger partial charge in [-0.1, -0.05) is 54.6 Å². The maximum Gasteiger partial charge on any atom is 0.227 e. The van der Waals surface area contributed by atoms with Crippen molar-refractivity contribution < 1.29 is 4.79 Å². The lowest BCUT2D eigenvalue weighted by Gasteiger charge is -2.26. The number of carbonyl (C=O) groups excluding carboxylic acids is 1. The summed E-state index contributed by atoms with van der Waals surface area (Å²) in [5, 5.41) is 1.29. The van der Waals surface area contributed by atoms with E-state index < -0.39 is 0 Å². The van der Waals surface area contributed by atoms with E-state index in [2.05, 4.69) is 48.2 Å². The summed E-state index contributed by atoms with van der Waals surface area (Å²) >= 11 is 0. The molecule has 1 amide bonds. The number of aryl methyl sites for hydroxylation is 1. The van der Waals surface area contributed by atoms with E-state index >= 15 is 0 Å². The number of fused-ring (bicyclic) bond motifs is 1. The van der Waals surface area contributed by atoms with Gasteiger partial charge >= 0.3 is 0 Å².